The second-order valence-corrected chi connectivity index (χ2v) is 17.3. The van der Waals surface area contributed by atoms with Crippen molar-refractivity contribution in [1.82, 2.24) is 14.7 Å². The van der Waals surface area contributed by atoms with Crippen molar-refractivity contribution in [3.05, 3.63) is 0 Å². The van der Waals surface area contributed by atoms with Gasteiger partial charge in [-0.05, 0) is 152 Å². The number of halogens is 1. The summed E-state index contributed by atoms with van der Waals surface area (Å²) in [6.45, 7) is 30.5. The van der Waals surface area contributed by atoms with Crippen molar-refractivity contribution in [3.8, 4) is 35.5 Å². The Morgan fingerprint density at radius 3 is 1.11 bits per heavy atom. The lowest BCUT2D eigenvalue weighted by molar-refractivity contribution is 0.0810. The molecule has 0 unspecified atom stereocenters. The Labute approximate surface area is 273 Å². The molecule has 3 nitrogen and oxygen atoms in total. The Bertz CT molecular complexity index is 955. The molecule has 0 atom stereocenters. The minimum absolute atomic E-state index is 0.0738. The molecule has 0 aromatic rings. The van der Waals surface area contributed by atoms with Gasteiger partial charge in [-0.3, -0.25) is 14.7 Å². The predicted octanol–water partition coefficient (Wildman–Crippen LogP) is 8.68. The van der Waals surface area contributed by atoms with Crippen LogP contribution < -0.4 is 0 Å². The van der Waals surface area contributed by atoms with E-state index in [-0.39, 0.29) is 16.2 Å². The van der Waals surface area contributed by atoms with Gasteiger partial charge in [-0.1, -0.05) is 48.4 Å². The fourth-order valence-corrected chi connectivity index (χ4v) is 5.58. The second-order valence-electron chi connectivity index (χ2n) is 17.3. The molecule has 0 amide bonds. The summed E-state index contributed by atoms with van der Waals surface area (Å²) in [5.41, 5.74) is 0.242. The number of alkyl halides is 1. The summed E-state index contributed by atoms with van der Waals surface area (Å²) < 4.78 is 13.5. The van der Waals surface area contributed by atoms with Gasteiger partial charge in [0.15, 0.2) is 0 Å². The van der Waals surface area contributed by atoms with E-state index in [1.54, 1.807) is 6.92 Å². The molecule has 1 spiro atoms. The number of piperidine rings is 2. The van der Waals surface area contributed by atoms with Crippen LogP contribution in [0.15, 0.2) is 0 Å². The molecule has 1 aliphatic carbocycles. The number of hydrogen-bond donors (Lipinski definition) is 0. The van der Waals surface area contributed by atoms with Crippen LogP contribution in [0.1, 0.15) is 133 Å². The van der Waals surface area contributed by atoms with Crippen LogP contribution in [0, 0.1) is 57.2 Å². The molecular formula is C40H68FN3. The Balaban J connectivity index is 0.000000230. The molecule has 3 aliphatic heterocycles. The Morgan fingerprint density at radius 2 is 0.795 bits per heavy atom. The number of rotatable bonds is 3. The molecule has 1 saturated carbocycles. The first-order chi connectivity index (χ1) is 20.4. The van der Waals surface area contributed by atoms with Crippen LogP contribution in [0.4, 0.5) is 4.39 Å². The average molecular weight is 610 g/mol. The number of hydrogen-bond acceptors (Lipinski definition) is 3. The zero-order chi connectivity index (χ0) is 32.9. The van der Waals surface area contributed by atoms with E-state index < -0.39 is 5.67 Å². The summed E-state index contributed by atoms with van der Waals surface area (Å²) in [6.07, 6.45) is 12.6. The van der Waals surface area contributed by atoms with Crippen molar-refractivity contribution < 1.29 is 4.39 Å². The van der Waals surface area contributed by atoms with Crippen molar-refractivity contribution in [3.63, 3.8) is 0 Å². The van der Waals surface area contributed by atoms with Crippen LogP contribution in [0.3, 0.4) is 0 Å². The first kappa shape index (κ1) is 38.7. The molecule has 0 aromatic carbocycles. The van der Waals surface area contributed by atoms with Gasteiger partial charge in [0.2, 0.25) is 0 Å². The molecule has 4 rings (SSSR count). The number of likely N-dealkylation sites (tertiary alicyclic amines) is 3. The van der Waals surface area contributed by atoms with Crippen LogP contribution in [-0.4, -0.2) is 79.3 Å². The van der Waals surface area contributed by atoms with E-state index in [9.17, 15) is 4.39 Å². The fraction of sp³-hybridized carbons (Fsp3) is 0.850. The number of nitrogens with zero attached hydrogens (tertiary/aromatic N) is 3. The van der Waals surface area contributed by atoms with Gasteiger partial charge in [0.1, 0.15) is 5.67 Å². The van der Waals surface area contributed by atoms with Crippen molar-refractivity contribution >= 4 is 0 Å². The largest absolute Gasteiger partial charge is 0.292 e. The van der Waals surface area contributed by atoms with Crippen LogP contribution in [0.5, 0.6) is 0 Å². The summed E-state index contributed by atoms with van der Waals surface area (Å²) in [5.74, 6) is 19.6. The molecule has 4 aliphatic rings. The van der Waals surface area contributed by atoms with Crippen LogP contribution >= 0.6 is 0 Å². The third kappa shape index (κ3) is 19.1. The van der Waals surface area contributed by atoms with Crippen molar-refractivity contribution in [1.29, 1.82) is 0 Å². The molecule has 4 heteroatoms. The van der Waals surface area contributed by atoms with E-state index in [0.717, 1.165) is 38.1 Å². The van der Waals surface area contributed by atoms with Crippen LogP contribution in [0.2, 0.25) is 0 Å². The van der Waals surface area contributed by atoms with E-state index in [2.05, 4.69) is 113 Å². The zero-order valence-electron chi connectivity index (χ0n) is 30.7. The molecule has 44 heavy (non-hydrogen) atoms. The standard InChI is InChI=1S/C14H23N.C13H22FN.C13H23N/c1-13(2,3)5-4-10-15-11-8-14(6-7-14)9-12-15;1-12(2,3)6-5-9-15-10-7-13(4,14)8-11-15;1-13(2,3)9-8-12-14-10-6-4-5-7-11-14/h6-12H2,1-3H3;7-11H2,1-4H3;4-7,10-12H2,1-3H3. The topological polar surface area (TPSA) is 9.72 Å². The van der Waals surface area contributed by atoms with E-state index in [1.807, 2.05) is 0 Å². The van der Waals surface area contributed by atoms with Crippen LogP contribution in [-0.2, 0) is 0 Å². The minimum atomic E-state index is -0.950. The Morgan fingerprint density at radius 1 is 0.477 bits per heavy atom. The summed E-state index contributed by atoms with van der Waals surface area (Å²) in [4.78, 5) is 7.24. The van der Waals surface area contributed by atoms with E-state index in [0.29, 0.717) is 12.8 Å². The second kappa shape index (κ2) is 17.4. The van der Waals surface area contributed by atoms with Gasteiger partial charge in [0.25, 0.3) is 0 Å². The summed E-state index contributed by atoms with van der Waals surface area (Å²) in [5, 5.41) is 0. The van der Waals surface area contributed by atoms with Gasteiger partial charge in [-0.25, -0.2) is 4.39 Å². The van der Waals surface area contributed by atoms with Crippen molar-refractivity contribution in [2.24, 2.45) is 21.7 Å². The minimum Gasteiger partial charge on any atom is -0.292 e. The first-order valence-electron chi connectivity index (χ1n) is 17.7. The van der Waals surface area contributed by atoms with E-state index in [1.165, 1.54) is 77.5 Å². The monoisotopic (exact) mass is 610 g/mol. The van der Waals surface area contributed by atoms with Gasteiger partial charge in [0.05, 0.1) is 19.6 Å². The lowest BCUT2D eigenvalue weighted by atomic mass is 9.93. The lowest BCUT2D eigenvalue weighted by Crippen LogP contribution is -2.40. The third-order valence-corrected chi connectivity index (χ3v) is 8.77. The summed E-state index contributed by atoms with van der Waals surface area (Å²) in [7, 11) is 0. The van der Waals surface area contributed by atoms with Crippen molar-refractivity contribution in [2.45, 2.75) is 139 Å². The van der Waals surface area contributed by atoms with Gasteiger partial charge in [0, 0.05) is 29.3 Å². The highest BCUT2D eigenvalue weighted by Gasteiger charge is 2.44. The van der Waals surface area contributed by atoms with Gasteiger partial charge >= 0.3 is 0 Å². The molecule has 3 saturated heterocycles. The SMILES string of the molecule is CC(C)(C)C#CCN1CCC(C)(F)CC1.CC(C)(C)C#CCN1CCC2(CC1)CC2.CC(C)(C)C#CCN1CCCCCC1. The molecule has 0 aromatic heterocycles. The quantitative estimate of drug-likeness (QED) is 0.297. The Kier molecular flexibility index (Phi) is 15.3. The molecule has 0 bridgehead atoms. The average Bonchev–Trinajstić information content (AvgIpc) is 3.69. The molecular weight excluding hydrogens is 541 g/mol. The highest BCUT2D eigenvalue weighted by molar-refractivity contribution is 5.10. The maximum atomic E-state index is 13.5. The molecule has 3 heterocycles. The van der Waals surface area contributed by atoms with E-state index in [4.69, 9.17) is 0 Å². The smallest absolute Gasteiger partial charge is 0.110 e. The van der Waals surface area contributed by atoms with Gasteiger partial charge in [-0.2, -0.15) is 0 Å². The first-order valence-corrected chi connectivity index (χ1v) is 17.7. The predicted molar refractivity (Wildman–Crippen MR) is 189 cm³/mol. The fourth-order valence-electron chi connectivity index (χ4n) is 5.58. The van der Waals surface area contributed by atoms with Crippen LogP contribution in [0.25, 0.3) is 0 Å². The zero-order valence-corrected chi connectivity index (χ0v) is 30.7. The van der Waals surface area contributed by atoms with Crippen molar-refractivity contribution in [2.75, 3.05) is 58.9 Å². The molecule has 0 N–H and O–H groups in total. The normalized spacial score (nSPS) is 22.2. The van der Waals surface area contributed by atoms with Gasteiger partial charge < -0.3 is 0 Å². The maximum Gasteiger partial charge on any atom is 0.110 e. The Hall–Kier alpha value is -1.51. The summed E-state index contributed by atoms with van der Waals surface area (Å²) in [6, 6.07) is 0. The highest BCUT2D eigenvalue weighted by Crippen LogP contribution is 2.53. The molecule has 4 fully saturated rings. The summed E-state index contributed by atoms with van der Waals surface area (Å²) >= 11 is 0. The maximum absolute atomic E-state index is 13.5. The van der Waals surface area contributed by atoms with Gasteiger partial charge in [-0.15, -0.1) is 0 Å². The van der Waals surface area contributed by atoms with E-state index >= 15 is 0 Å². The highest BCUT2D eigenvalue weighted by atomic mass is 19.1. The molecule has 250 valence electrons. The lowest BCUT2D eigenvalue weighted by Gasteiger charge is -2.32. The third-order valence-electron chi connectivity index (χ3n) is 8.77. The molecule has 0 radical (unpaired) electrons.